The van der Waals surface area contributed by atoms with Crippen molar-refractivity contribution in [2.24, 2.45) is 11.8 Å². The van der Waals surface area contributed by atoms with Crippen LogP contribution in [0.2, 0.25) is 0 Å². The summed E-state index contributed by atoms with van der Waals surface area (Å²) in [5.74, 6) is -4.52. The van der Waals surface area contributed by atoms with E-state index in [0.29, 0.717) is 42.0 Å². The first-order valence-corrected chi connectivity index (χ1v) is 19.6. The number of rotatable bonds is 14. The summed E-state index contributed by atoms with van der Waals surface area (Å²) < 4.78 is 19.3. The number of hydrogen-bond donors (Lipinski definition) is 7. The van der Waals surface area contributed by atoms with Crippen LogP contribution in [-0.4, -0.2) is 90.0 Å². The number of nitrogens with one attached hydrogen (secondary N) is 6. The number of aliphatic hydroxyl groups excluding tert-OH is 1. The summed E-state index contributed by atoms with van der Waals surface area (Å²) in [5.41, 5.74) is 1.92. The van der Waals surface area contributed by atoms with Gasteiger partial charge in [0.2, 0.25) is 29.5 Å². The van der Waals surface area contributed by atoms with E-state index in [1.165, 1.54) is 31.2 Å². The van der Waals surface area contributed by atoms with Gasteiger partial charge in [-0.2, -0.15) is 0 Å². The molecule has 3 aromatic carbocycles. The van der Waals surface area contributed by atoms with Crippen LogP contribution in [0.5, 0.6) is 5.75 Å². The van der Waals surface area contributed by atoms with Gasteiger partial charge < -0.3 is 41.7 Å². The van der Waals surface area contributed by atoms with Crippen molar-refractivity contribution >= 4 is 35.4 Å². The fourth-order valence-electron chi connectivity index (χ4n) is 6.46. The van der Waals surface area contributed by atoms with Gasteiger partial charge in [-0.15, -0.1) is 0 Å². The molecule has 6 unspecified atom stereocenters. The van der Waals surface area contributed by atoms with Crippen molar-refractivity contribution in [2.45, 2.75) is 96.6 Å². The summed E-state index contributed by atoms with van der Waals surface area (Å²) in [7, 11) is 0. The third kappa shape index (κ3) is 13.7. The number of aliphatic hydroxyl groups is 1. The standard InChI is InChI=1S/C43H55FN6O8/c1-25(2)36-41(55)45-20-9-21-58-32-18-14-30(15-19-32)24-35(40(54)49-36)48-43(57)38(52)33(22-28-10-7-6-8-11-28)47-42(56)37(26(3)4)50-39(53)34(46-27(5)51)23-29-12-16-31(44)17-13-29/h6-8,10-19,25-26,33-38,52H,9,20-24H2,1-5H3,(H,45,55)(H,46,51)(H,47,56)(H,48,57)(H,49,54)(H,50,53). The Morgan fingerprint density at radius 1 is 0.810 bits per heavy atom. The predicted molar refractivity (Wildman–Crippen MR) is 215 cm³/mol. The van der Waals surface area contributed by atoms with Crippen molar-refractivity contribution in [2.75, 3.05) is 13.2 Å². The molecule has 312 valence electrons. The van der Waals surface area contributed by atoms with Gasteiger partial charge in [0.05, 0.1) is 12.6 Å². The highest BCUT2D eigenvalue weighted by Crippen LogP contribution is 2.16. The fraction of sp³-hybridized carbons (Fsp3) is 0.442. The van der Waals surface area contributed by atoms with Crippen LogP contribution in [0.15, 0.2) is 78.9 Å². The van der Waals surface area contributed by atoms with E-state index < -0.39 is 77.6 Å². The molecule has 5 rings (SSSR count). The number of carbonyl (C=O) groups is 6. The molecule has 2 aliphatic rings. The van der Waals surface area contributed by atoms with Gasteiger partial charge in [0.15, 0.2) is 6.10 Å². The average Bonchev–Trinajstić information content (AvgIpc) is 3.19. The van der Waals surface area contributed by atoms with Crippen LogP contribution in [-0.2, 0) is 48.0 Å². The Balaban J connectivity index is 1.58. The Hall–Kier alpha value is -5.83. The Morgan fingerprint density at radius 2 is 1.47 bits per heavy atom. The monoisotopic (exact) mass is 802 g/mol. The smallest absolute Gasteiger partial charge is 0.251 e. The van der Waals surface area contributed by atoms with E-state index >= 15 is 0 Å². The summed E-state index contributed by atoms with van der Waals surface area (Å²) >= 11 is 0. The lowest BCUT2D eigenvalue weighted by Crippen LogP contribution is -2.61. The van der Waals surface area contributed by atoms with Crippen molar-refractivity contribution < 1.29 is 43.0 Å². The molecule has 0 aliphatic carbocycles. The van der Waals surface area contributed by atoms with Crippen molar-refractivity contribution in [1.82, 2.24) is 31.9 Å². The van der Waals surface area contributed by atoms with E-state index in [4.69, 9.17) is 4.74 Å². The lowest BCUT2D eigenvalue weighted by atomic mass is 9.97. The van der Waals surface area contributed by atoms with E-state index in [1.54, 1.807) is 82.3 Å². The molecule has 2 aliphatic heterocycles. The van der Waals surface area contributed by atoms with Gasteiger partial charge in [0.25, 0.3) is 5.91 Å². The first-order chi connectivity index (χ1) is 27.6. The van der Waals surface area contributed by atoms with Crippen LogP contribution in [0.3, 0.4) is 0 Å². The van der Waals surface area contributed by atoms with Crippen molar-refractivity contribution in [3.05, 3.63) is 101 Å². The highest BCUT2D eigenvalue weighted by atomic mass is 19.1. The Kier molecular flexibility index (Phi) is 16.7. The number of halogens is 1. The lowest BCUT2D eigenvalue weighted by molar-refractivity contribution is -0.137. The van der Waals surface area contributed by atoms with Gasteiger partial charge in [-0.25, -0.2) is 4.39 Å². The van der Waals surface area contributed by atoms with E-state index in [2.05, 4.69) is 31.9 Å². The van der Waals surface area contributed by atoms with Crippen LogP contribution in [0.1, 0.15) is 57.7 Å². The van der Waals surface area contributed by atoms with Crippen LogP contribution in [0, 0.1) is 17.7 Å². The van der Waals surface area contributed by atoms with Gasteiger partial charge in [-0.1, -0.05) is 82.3 Å². The molecule has 0 saturated carbocycles. The maximum Gasteiger partial charge on any atom is 0.251 e. The number of amides is 6. The quantitative estimate of drug-likeness (QED) is 0.128. The molecule has 0 spiro atoms. The molecule has 14 nitrogen and oxygen atoms in total. The van der Waals surface area contributed by atoms with E-state index in [-0.39, 0.29) is 31.1 Å². The van der Waals surface area contributed by atoms with Gasteiger partial charge >= 0.3 is 0 Å². The maximum atomic E-state index is 14.0. The SMILES string of the molecule is CC(=O)NC(Cc1ccc(F)cc1)C(=O)NC(C(=O)NC(Cc1ccccc1)C(O)C(=O)NC1Cc2ccc(cc2)OCCCNC(=O)C(C(C)C)NC1=O)C(C)C. The van der Waals surface area contributed by atoms with Gasteiger partial charge in [0.1, 0.15) is 35.7 Å². The molecule has 15 heteroatoms. The number of carbonyl (C=O) groups excluding carboxylic acids is 6. The summed E-state index contributed by atoms with van der Waals surface area (Å²) in [6.07, 6.45) is -1.33. The van der Waals surface area contributed by atoms with Crippen molar-refractivity contribution in [3.8, 4) is 5.75 Å². The number of benzene rings is 3. The van der Waals surface area contributed by atoms with Crippen LogP contribution >= 0.6 is 0 Å². The Labute approximate surface area is 338 Å². The third-order valence-electron chi connectivity index (χ3n) is 9.70. The highest BCUT2D eigenvalue weighted by Gasteiger charge is 2.36. The molecule has 58 heavy (non-hydrogen) atoms. The average molecular weight is 803 g/mol. The summed E-state index contributed by atoms with van der Waals surface area (Å²) in [6.45, 7) is 8.91. The van der Waals surface area contributed by atoms with Gasteiger partial charge in [-0.3, -0.25) is 28.8 Å². The molecule has 0 saturated heterocycles. The topological polar surface area (TPSA) is 204 Å². The van der Waals surface area contributed by atoms with Crippen LogP contribution < -0.4 is 36.6 Å². The highest BCUT2D eigenvalue weighted by molar-refractivity contribution is 5.94. The third-order valence-corrected chi connectivity index (χ3v) is 9.70. The van der Waals surface area contributed by atoms with Crippen LogP contribution in [0.4, 0.5) is 4.39 Å². The molecule has 6 amide bonds. The molecule has 2 heterocycles. The molecule has 0 aromatic heterocycles. The Morgan fingerprint density at radius 3 is 2.09 bits per heavy atom. The van der Waals surface area contributed by atoms with E-state index in [9.17, 15) is 38.3 Å². The van der Waals surface area contributed by atoms with E-state index in [0.717, 1.165) is 0 Å². The zero-order chi connectivity index (χ0) is 42.4. The molecule has 2 bridgehead atoms. The second-order valence-electron chi connectivity index (χ2n) is 15.2. The summed E-state index contributed by atoms with van der Waals surface area (Å²) in [5, 5.41) is 28.0. The van der Waals surface area contributed by atoms with Crippen molar-refractivity contribution in [1.29, 1.82) is 0 Å². The Bertz CT molecular complexity index is 1860. The predicted octanol–water partition coefficient (Wildman–Crippen LogP) is 1.87. The second kappa shape index (κ2) is 21.6. The zero-order valence-electron chi connectivity index (χ0n) is 33.5. The summed E-state index contributed by atoms with van der Waals surface area (Å²) in [4.78, 5) is 80.6. The minimum atomic E-state index is -1.89. The summed E-state index contributed by atoms with van der Waals surface area (Å²) in [6, 6.07) is 15.6. The number of ether oxygens (including phenoxy) is 1. The van der Waals surface area contributed by atoms with Gasteiger partial charge in [-0.05, 0) is 65.6 Å². The number of fused-ring (bicyclic) bond motifs is 12. The molecular weight excluding hydrogens is 748 g/mol. The van der Waals surface area contributed by atoms with Crippen LogP contribution in [0.25, 0.3) is 0 Å². The van der Waals surface area contributed by atoms with E-state index in [1.807, 2.05) is 0 Å². The largest absolute Gasteiger partial charge is 0.494 e. The minimum absolute atomic E-state index is 0.00155. The molecular formula is C43H55FN6O8. The molecule has 0 fully saturated rings. The minimum Gasteiger partial charge on any atom is -0.494 e. The second-order valence-corrected chi connectivity index (χ2v) is 15.2. The molecule has 7 N–H and O–H groups in total. The molecule has 0 radical (unpaired) electrons. The molecule has 3 aromatic rings. The molecule has 6 atom stereocenters. The zero-order valence-corrected chi connectivity index (χ0v) is 33.5. The first-order valence-electron chi connectivity index (χ1n) is 19.6. The van der Waals surface area contributed by atoms with Crippen molar-refractivity contribution in [3.63, 3.8) is 0 Å². The maximum absolute atomic E-state index is 14.0. The van der Waals surface area contributed by atoms with Gasteiger partial charge in [0, 0.05) is 26.3 Å². The lowest BCUT2D eigenvalue weighted by Gasteiger charge is -2.30. The fourth-order valence-corrected chi connectivity index (χ4v) is 6.46. The normalized spacial score (nSPS) is 18.2. The first kappa shape index (κ1) is 44.9. The number of hydrogen-bond acceptors (Lipinski definition) is 8.